The average Bonchev–Trinajstić information content (AvgIpc) is 2.96. The molecule has 2 aliphatic rings. The molecular formula is C15H19BrFN. The Balaban J connectivity index is 1.70. The van der Waals surface area contributed by atoms with Crippen molar-refractivity contribution in [2.75, 3.05) is 0 Å². The number of hydrogen-bond acceptors (Lipinski definition) is 1. The lowest BCUT2D eigenvalue weighted by atomic mass is 9.81. The van der Waals surface area contributed by atoms with E-state index in [-0.39, 0.29) is 11.9 Å². The largest absolute Gasteiger partial charge is 0.327 e. The van der Waals surface area contributed by atoms with Crippen LogP contribution in [0.4, 0.5) is 4.39 Å². The van der Waals surface area contributed by atoms with E-state index in [1.165, 1.54) is 31.7 Å². The van der Waals surface area contributed by atoms with Crippen LogP contribution in [0.25, 0.3) is 0 Å². The van der Waals surface area contributed by atoms with Gasteiger partial charge in [0, 0.05) is 10.5 Å². The highest BCUT2D eigenvalue weighted by atomic mass is 79.9. The lowest BCUT2D eigenvalue weighted by molar-refractivity contribution is 0.279. The maximum absolute atomic E-state index is 13.7. The van der Waals surface area contributed by atoms with Crippen LogP contribution in [0.1, 0.15) is 31.2 Å². The normalized spacial score (nSPS) is 31.8. The van der Waals surface area contributed by atoms with Crippen molar-refractivity contribution >= 4 is 15.9 Å². The zero-order chi connectivity index (χ0) is 12.7. The molecule has 3 rings (SSSR count). The van der Waals surface area contributed by atoms with E-state index in [2.05, 4.69) is 15.9 Å². The summed E-state index contributed by atoms with van der Waals surface area (Å²) in [6, 6.07) is 5.24. The first-order chi connectivity index (χ1) is 8.63. The summed E-state index contributed by atoms with van der Waals surface area (Å²) in [4.78, 5) is 0. The molecular weight excluding hydrogens is 293 g/mol. The minimum absolute atomic E-state index is 0.115. The van der Waals surface area contributed by atoms with E-state index in [4.69, 9.17) is 5.73 Å². The Morgan fingerprint density at radius 2 is 2.17 bits per heavy atom. The van der Waals surface area contributed by atoms with Crippen molar-refractivity contribution in [1.82, 2.24) is 0 Å². The summed E-state index contributed by atoms with van der Waals surface area (Å²) in [5, 5.41) is 0. The van der Waals surface area contributed by atoms with E-state index < -0.39 is 0 Å². The molecule has 1 aromatic rings. The third-order valence-electron chi connectivity index (χ3n) is 4.81. The molecule has 0 saturated heterocycles. The minimum atomic E-state index is -0.128. The molecule has 4 atom stereocenters. The molecule has 0 aromatic heterocycles. The number of halogens is 2. The van der Waals surface area contributed by atoms with Gasteiger partial charge in [-0.2, -0.15) is 0 Å². The first kappa shape index (κ1) is 12.6. The first-order valence-corrected chi connectivity index (χ1v) is 7.62. The van der Waals surface area contributed by atoms with Crippen molar-refractivity contribution in [2.45, 2.75) is 38.1 Å². The molecule has 0 radical (unpaired) electrons. The van der Waals surface area contributed by atoms with Crippen LogP contribution in [-0.4, -0.2) is 6.04 Å². The lowest BCUT2D eigenvalue weighted by Gasteiger charge is -2.28. The summed E-state index contributed by atoms with van der Waals surface area (Å²) in [5.41, 5.74) is 7.08. The summed E-state index contributed by atoms with van der Waals surface area (Å²) < 4.78 is 14.7. The van der Waals surface area contributed by atoms with Gasteiger partial charge in [-0.05, 0) is 67.2 Å². The van der Waals surface area contributed by atoms with Crippen LogP contribution < -0.4 is 5.73 Å². The highest BCUT2D eigenvalue weighted by Crippen LogP contribution is 2.49. The maximum atomic E-state index is 13.7. The molecule has 4 unspecified atom stereocenters. The van der Waals surface area contributed by atoms with E-state index in [0.717, 1.165) is 21.9 Å². The molecule has 3 heteroatoms. The van der Waals surface area contributed by atoms with E-state index in [9.17, 15) is 4.39 Å². The Bertz CT molecular complexity index is 448. The van der Waals surface area contributed by atoms with E-state index in [1.807, 2.05) is 6.07 Å². The molecule has 98 valence electrons. The topological polar surface area (TPSA) is 26.0 Å². The van der Waals surface area contributed by atoms with Crippen molar-refractivity contribution < 1.29 is 4.39 Å². The lowest BCUT2D eigenvalue weighted by Crippen LogP contribution is -2.35. The van der Waals surface area contributed by atoms with E-state index >= 15 is 0 Å². The third-order valence-corrected chi connectivity index (χ3v) is 5.30. The molecule has 18 heavy (non-hydrogen) atoms. The van der Waals surface area contributed by atoms with Crippen molar-refractivity contribution in [3.05, 3.63) is 34.1 Å². The summed E-state index contributed by atoms with van der Waals surface area (Å²) >= 11 is 3.39. The second-order valence-electron chi connectivity index (χ2n) is 5.94. The SMILES string of the molecule is NC(Cc1cc(Br)ccc1F)C1CC2CCC1C2. The number of benzene rings is 1. The summed E-state index contributed by atoms with van der Waals surface area (Å²) in [5.74, 6) is 2.19. The highest BCUT2D eigenvalue weighted by Gasteiger charge is 2.41. The monoisotopic (exact) mass is 311 g/mol. The van der Waals surface area contributed by atoms with E-state index in [1.54, 1.807) is 6.07 Å². The quantitative estimate of drug-likeness (QED) is 0.900. The van der Waals surface area contributed by atoms with Gasteiger partial charge >= 0.3 is 0 Å². The average molecular weight is 312 g/mol. The Morgan fingerprint density at radius 1 is 1.33 bits per heavy atom. The molecule has 2 aliphatic carbocycles. The smallest absolute Gasteiger partial charge is 0.126 e. The van der Waals surface area contributed by atoms with Gasteiger partial charge in [0.05, 0.1) is 0 Å². The molecule has 0 spiro atoms. The second kappa shape index (κ2) is 4.93. The van der Waals surface area contributed by atoms with Gasteiger partial charge < -0.3 is 5.73 Å². The van der Waals surface area contributed by atoms with E-state index in [0.29, 0.717) is 12.3 Å². The standard InChI is InChI=1S/C15H19BrFN/c16-12-3-4-14(17)11(7-12)8-15(18)13-6-9-1-2-10(13)5-9/h3-4,7,9-10,13,15H,1-2,5-6,8,18H2. The van der Waals surface area contributed by atoms with Gasteiger partial charge in [0.25, 0.3) is 0 Å². The van der Waals surface area contributed by atoms with Crippen LogP contribution in [0.2, 0.25) is 0 Å². The van der Waals surface area contributed by atoms with Crippen LogP contribution in [0, 0.1) is 23.6 Å². The first-order valence-electron chi connectivity index (χ1n) is 6.83. The van der Waals surface area contributed by atoms with Crippen molar-refractivity contribution in [3.63, 3.8) is 0 Å². The number of hydrogen-bond donors (Lipinski definition) is 1. The maximum Gasteiger partial charge on any atom is 0.126 e. The molecule has 2 bridgehead atoms. The van der Waals surface area contributed by atoms with Crippen LogP contribution >= 0.6 is 15.9 Å². The molecule has 1 nitrogen and oxygen atoms in total. The van der Waals surface area contributed by atoms with Gasteiger partial charge in [0.1, 0.15) is 5.82 Å². The fourth-order valence-electron chi connectivity index (χ4n) is 3.92. The molecule has 2 fully saturated rings. The Morgan fingerprint density at radius 3 is 2.83 bits per heavy atom. The molecule has 2 saturated carbocycles. The van der Waals surface area contributed by atoms with Crippen molar-refractivity contribution in [3.8, 4) is 0 Å². The van der Waals surface area contributed by atoms with Crippen molar-refractivity contribution in [2.24, 2.45) is 23.5 Å². The highest BCUT2D eigenvalue weighted by molar-refractivity contribution is 9.10. The zero-order valence-electron chi connectivity index (χ0n) is 10.4. The van der Waals surface area contributed by atoms with Gasteiger partial charge in [0.15, 0.2) is 0 Å². The summed E-state index contributed by atoms with van der Waals surface area (Å²) in [7, 11) is 0. The van der Waals surface area contributed by atoms with Crippen LogP contribution in [0.5, 0.6) is 0 Å². The van der Waals surface area contributed by atoms with Gasteiger partial charge in [0.2, 0.25) is 0 Å². The predicted octanol–water partition coefficient (Wildman–Crippen LogP) is 3.89. The Hall–Kier alpha value is -0.410. The van der Waals surface area contributed by atoms with Gasteiger partial charge in [-0.15, -0.1) is 0 Å². The minimum Gasteiger partial charge on any atom is -0.327 e. The second-order valence-corrected chi connectivity index (χ2v) is 6.86. The fourth-order valence-corrected chi connectivity index (χ4v) is 4.33. The van der Waals surface area contributed by atoms with Gasteiger partial charge in [-0.3, -0.25) is 0 Å². The summed E-state index contributed by atoms with van der Waals surface area (Å²) in [6.45, 7) is 0. The zero-order valence-corrected chi connectivity index (χ0v) is 12.0. The Labute approximate surface area is 116 Å². The molecule has 0 heterocycles. The Kier molecular flexibility index (Phi) is 3.46. The predicted molar refractivity (Wildman–Crippen MR) is 74.7 cm³/mol. The number of rotatable bonds is 3. The molecule has 0 amide bonds. The van der Waals surface area contributed by atoms with Crippen LogP contribution in [-0.2, 0) is 6.42 Å². The molecule has 0 aliphatic heterocycles. The summed E-state index contributed by atoms with van der Waals surface area (Å²) in [6.07, 6.45) is 6.02. The van der Waals surface area contributed by atoms with Gasteiger partial charge in [-0.1, -0.05) is 22.4 Å². The van der Waals surface area contributed by atoms with Gasteiger partial charge in [-0.25, -0.2) is 4.39 Å². The number of nitrogens with two attached hydrogens (primary N) is 1. The fraction of sp³-hybridized carbons (Fsp3) is 0.600. The van der Waals surface area contributed by atoms with Crippen LogP contribution in [0.3, 0.4) is 0 Å². The van der Waals surface area contributed by atoms with Crippen molar-refractivity contribution in [1.29, 1.82) is 0 Å². The molecule has 2 N–H and O–H groups in total. The number of fused-ring (bicyclic) bond motifs is 2. The van der Waals surface area contributed by atoms with Crippen LogP contribution in [0.15, 0.2) is 22.7 Å². The third kappa shape index (κ3) is 2.35. The molecule has 1 aromatic carbocycles.